The van der Waals surface area contributed by atoms with Crippen molar-refractivity contribution in [2.75, 3.05) is 12.4 Å². The van der Waals surface area contributed by atoms with Crippen LogP contribution in [0.2, 0.25) is 0 Å². The first-order chi connectivity index (χ1) is 8.40. The summed E-state index contributed by atoms with van der Waals surface area (Å²) in [6.07, 6.45) is 0. The van der Waals surface area contributed by atoms with Crippen molar-refractivity contribution in [2.24, 2.45) is 0 Å². The zero-order valence-corrected chi connectivity index (χ0v) is 10.0. The number of hydrogen-bond donors (Lipinski definition) is 1. The number of rotatable bonds is 5. The molecule has 0 saturated carbocycles. The third-order valence-electron chi connectivity index (χ3n) is 2.64. The van der Waals surface area contributed by atoms with Gasteiger partial charge >= 0.3 is 0 Å². The summed E-state index contributed by atoms with van der Waals surface area (Å²) in [5, 5.41) is 3.43. The molecule has 2 heteroatoms. The quantitative estimate of drug-likeness (QED) is 0.844. The molecule has 88 valence electrons. The van der Waals surface area contributed by atoms with Crippen LogP contribution in [-0.4, -0.2) is 7.11 Å². The van der Waals surface area contributed by atoms with Gasteiger partial charge in [0, 0.05) is 24.9 Å². The molecular weight excluding hydrogens is 210 g/mol. The average Bonchev–Trinajstić information content (AvgIpc) is 2.39. The van der Waals surface area contributed by atoms with E-state index in [1.165, 1.54) is 11.1 Å². The fourth-order valence-corrected chi connectivity index (χ4v) is 1.77. The van der Waals surface area contributed by atoms with Crippen LogP contribution >= 0.6 is 0 Å². The molecule has 0 aromatic heterocycles. The van der Waals surface area contributed by atoms with E-state index in [1.54, 1.807) is 7.11 Å². The van der Waals surface area contributed by atoms with E-state index in [4.69, 9.17) is 4.74 Å². The van der Waals surface area contributed by atoms with Gasteiger partial charge in [-0.25, -0.2) is 0 Å². The Bertz CT molecular complexity index is 453. The molecule has 17 heavy (non-hydrogen) atoms. The van der Waals surface area contributed by atoms with Crippen molar-refractivity contribution >= 4 is 5.69 Å². The van der Waals surface area contributed by atoms with Crippen molar-refractivity contribution in [1.82, 2.24) is 0 Å². The second kappa shape index (κ2) is 6.06. The minimum atomic E-state index is 0.637. The highest BCUT2D eigenvalue weighted by molar-refractivity contribution is 5.51. The highest BCUT2D eigenvalue weighted by atomic mass is 16.5. The molecule has 0 fully saturated rings. The molecule has 2 rings (SSSR count). The van der Waals surface area contributed by atoms with Gasteiger partial charge in [0.25, 0.3) is 0 Å². The molecule has 0 atom stereocenters. The molecule has 0 amide bonds. The summed E-state index contributed by atoms with van der Waals surface area (Å²) in [7, 11) is 1.72. The average molecular weight is 227 g/mol. The summed E-state index contributed by atoms with van der Waals surface area (Å²) in [5.74, 6) is 0. The summed E-state index contributed by atoms with van der Waals surface area (Å²) >= 11 is 0. The van der Waals surface area contributed by atoms with Gasteiger partial charge in [0.1, 0.15) is 0 Å². The van der Waals surface area contributed by atoms with Crippen molar-refractivity contribution in [3.05, 3.63) is 65.7 Å². The lowest BCUT2D eigenvalue weighted by Gasteiger charge is -2.11. The molecule has 0 heterocycles. The van der Waals surface area contributed by atoms with Crippen LogP contribution in [0.15, 0.2) is 54.6 Å². The Morgan fingerprint density at radius 1 is 0.941 bits per heavy atom. The van der Waals surface area contributed by atoms with Gasteiger partial charge in [-0.1, -0.05) is 48.5 Å². The van der Waals surface area contributed by atoms with Gasteiger partial charge in [-0.05, 0) is 11.6 Å². The van der Waals surface area contributed by atoms with Gasteiger partial charge < -0.3 is 10.1 Å². The molecule has 0 radical (unpaired) electrons. The fraction of sp³-hybridized carbons (Fsp3) is 0.200. The standard InChI is InChI=1S/C15H17NO/c1-17-12-14-9-5-6-10-15(14)16-11-13-7-3-2-4-8-13/h2-10,16H,11-12H2,1H3. The van der Waals surface area contributed by atoms with Crippen molar-refractivity contribution in [1.29, 1.82) is 0 Å². The fourth-order valence-electron chi connectivity index (χ4n) is 1.77. The Balaban J connectivity index is 2.03. The first-order valence-electron chi connectivity index (χ1n) is 5.75. The zero-order valence-electron chi connectivity index (χ0n) is 10.0. The Hall–Kier alpha value is -1.80. The summed E-state index contributed by atoms with van der Waals surface area (Å²) in [5.41, 5.74) is 3.60. The van der Waals surface area contributed by atoms with E-state index in [9.17, 15) is 0 Å². The highest BCUT2D eigenvalue weighted by Crippen LogP contribution is 2.16. The lowest BCUT2D eigenvalue weighted by atomic mass is 10.1. The Morgan fingerprint density at radius 3 is 2.41 bits per heavy atom. The molecule has 0 aliphatic carbocycles. The van der Waals surface area contributed by atoms with Crippen LogP contribution in [0.3, 0.4) is 0 Å². The van der Waals surface area contributed by atoms with E-state index < -0.39 is 0 Å². The van der Waals surface area contributed by atoms with E-state index in [2.05, 4.69) is 41.7 Å². The largest absolute Gasteiger partial charge is 0.381 e. The molecule has 0 unspecified atom stereocenters. The van der Waals surface area contributed by atoms with E-state index in [-0.39, 0.29) is 0 Å². The lowest BCUT2D eigenvalue weighted by Crippen LogP contribution is -2.02. The molecule has 0 aliphatic heterocycles. The van der Waals surface area contributed by atoms with E-state index in [0.29, 0.717) is 6.61 Å². The van der Waals surface area contributed by atoms with Crippen LogP contribution < -0.4 is 5.32 Å². The number of methoxy groups -OCH3 is 1. The van der Waals surface area contributed by atoms with Crippen LogP contribution in [0, 0.1) is 0 Å². The van der Waals surface area contributed by atoms with E-state index in [1.807, 2.05) is 18.2 Å². The normalized spacial score (nSPS) is 10.2. The maximum absolute atomic E-state index is 5.18. The Morgan fingerprint density at radius 2 is 1.65 bits per heavy atom. The molecule has 1 N–H and O–H groups in total. The second-order valence-electron chi connectivity index (χ2n) is 3.93. The number of ether oxygens (including phenoxy) is 1. The number of para-hydroxylation sites is 1. The van der Waals surface area contributed by atoms with Crippen molar-refractivity contribution in [3.8, 4) is 0 Å². The number of nitrogens with one attached hydrogen (secondary N) is 1. The highest BCUT2D eigenvalue weighted by Gasteiger charge is 2.00. The van der Waals surface area contributed by atoms with Crippen LogP contribution in [0.4, 0.5) is 5.69 Å². The first kappa shape index (κ1) is 11.7. The van der Waals surface area contributed by atoms with Crippen LogP contribution in [0.1, 0.15) is 11.1 Å². The van der Waals surface area contributed by atoms with E-state index >= 15 is 0 Å². The molecule has 2 aromatic carbocycles. The first-order valence-corrected chi connectivity index (χ1v) is 5.75. The Labute approximate surface area is 102 Å². The monoisotopic (exact) mass is 227 g/mol. The minimum absolute atomic E-state index is 0.637. The van der Waals surface area contributed by atoms with Gasteiger partial charge in [0.2, 0.25) is 0 Å². The summed E-state index contributed by atoms with van der Waals surface area (Å²) in [4.78, 5) is 0. The molecule has 0 saturated heterocycles. The summed E-state index contributed by atoms with van der Waals surface area (Å²) in [6, 6.07) is 18.6. The van der Waals surface area contributed by atoms with Crippen molar-refractivity contribution < 1.29 is 4.74 Å². The van der Waals surface area contributed by atoms with Gasteiger partial charge in [-0.15, -0.1) is 0 Å². The predicted octanol–water partition coefficient (Wildman–Crippen LogP) is 3.45. The number of benzene rings is 2. The SMILES string of the molecule is COCc1ccccc1NCc1ccccc1. The smallest absolute Gasteiger partial charge is 0.0733 e. The molecule has 2 aromatic rings. The van der Waals surface area contributed by atoms with E-state index in [0.717, 1.165) is 12.2 Å². The maximum Gasteiger partial charge on any atom is 0.0733 e. The minimum Gasteiger partial charge on any atom is -0.381 e. The lowest BCUT2D eigenvalue weighted by molar-refractivity contribution is 0.185. The molecule has 2 nitrogen and oxygen atoms in total. The summed E-state index contributed by atoms with van der Waals surface area (Å²) in [6.45, 7) is 1.47. The predicted molar refractivity (Wildman–Crippen MR) is 70.9 cm³/mol. The number of anilines is 1. The zero-order chi connectivity index (χ0) is 11.9. The third-order valence-corrected chi connectivity index (χ3v) is 2.64. The van der Waals surface area contributed by atoms with Gasteiger partial charge in [0.15, 0.2) is 0 Å². The molecule has 0 spiro atoms. The molecular formula is C15H17NO. The van der Waals surface area contributed by atoms with Gasteiger partial charge in [-0.2, -0.15) is 0 Å². The van der Waals surface area contributed by atoms with Gasteiger partial charge in [0.05, 0.1) is 6.61 Å². The maximum atomic E-state index is 5.18. The molecule has 0 aliphatic rings. The number of hydrogen-bond acceptors (Lipinski definition) is 2. The van der Waals surface area contributed by atoms with Crippen LogP contribution in [0.25, 0.3) is 0 Å². The summed E-state index contributed by atoms with van der Waals surface area (Å²) < 4.78 is 5.18. The van der Waals surface area contributed by atoms with Crippen LogP contribution in [0.5, 0.6) is 0 Å². The van der Waals surface area contributed by atoms with Crippen molar-refractivity contribution in [2.45, 2.75) is 13.2 Å². The third kappa shape index (κ3) is 3.33. The Kier molecular flexibility index (Phi) is 4.17. The van der Waals surface area contributed by atoms with Crippen LogP contribution in [-0.2, 0) is 17.9 Å². The van der Waals surface area contributed by atoms with Crippen molar-refractivity contribution in [3.63, 3.8) is 0 Å². The topological polar surface area (TPSA) is 21.3 Å². The van der Waals surface area contributed by atoms with Gasteiger partial charge in [-0.3, -0.25) is 0 Å². The molecule has 0 bridgehead atoms. The second-order valence-corrected chi connectivity index (χ2v) is 3.93.